The number of nitrogens with zero attached hydrogens (tertiary/aromatic N) is 2. The van der Waals surface area contributed by atoms with Crippen LogP contribution < -0.4 is 5.32 Å². The number of pyridine rings is 1. The van der Waals surface area contributed by atoms with Gasteiger partial charge in [0, 0.05) is 26.9 Å². The van der Waals surface area contributed by atoms with Gasteiger partial charge in [-0.25, -0.2) is 4.98 Å². The second-order valence-electron chi connectivity index (χ2n) is 7.06. The lowest BCUT2D eigenvalue weighted by molar-refractivity contribution is -0.113. The molecule has 4 nitrogen and oxygen atoms in total. The smallest absolute Gasteiger partial charge is 0.234 e. The number of nitriles is 1. The predicted molar refractivity (Wildman–Crippen MR) is 136 cm³/mol. The molecule has 3 aromatic carbocycles. The molecule has 0 fully saturated rings. The zero-order valence-electron chi connectivity index (χ0n) is 17.3. The highest BCUT2D eigenvalue weighted by molar-refractivity contribution is 8.00. The first-order valence-electron chi connectivity index (χ1n) is 9.98. The van der Waals surface area contributed by atoms with Crippen molar-refractivity contribution in [2.24, 2.45) is 0 Å². The Bertz CT molecular complexity index is 1320. The number of halogens is 2. The van der Waals surface area contributed by atoms with E-state index in [-0.39, 0.29) is 11.7 Å². The highest BCUT2D eigenvalue weighted by Gasteiger charge is 2.17. The summed E-state index contributed by atoms with van der Waals surface area (Å²) in [4.78, 5) is 17.3. The molecule has 0 saturated carbocycles. The van der Waals surface area contributed by atoms with Crippen molar-refractivity contribution in [1.29, 1.82) is 5.26 Å². The van der Waals surface area contributed by atoms with Crippen LogP contribution >= 0.6 is 35.0 Å². The summed E-state index contributed by atoms with van der Waals surface area (Å²) in [7, 11) is 0. The van der Waals surface area contributed by atoms with Crippen LogP contribution in [0.4, 0.5) is 5.69 Å². The Morgan fingerprint density at radius 2 is 1.55 bits per heavy atom. The number of anilines is 1. The molecule has 1 N–H and O–H groups in total. The summed E-state index contributed by atoms with van der Waals surface area (Å²) in [5.74, 6) is -0.103. The van der Waals surface area contributed by atoms with Gasteiger partial charge in [0.05, 0.1) is 17.0 Å². The fraction of sp³-hybridized carbons (Fsp3) is 0.0385. The van der Waals surface area contributed by atoms with E-state index in [1.54, 1.807) is 36.4 Å². The van der Waals surface area contributed by atoms with E-state index in [0.717, 1.165) is 22.4 Å². The molecule has 0 aliphatic carbocycles. The van der Waals surface area contributed by atoms with Crippen molar-refractivity contribution in [2.45, 2.75) is 5.03 Å². The number of hydrogen-bond acceptors (Lipinski definition) is 4. The Kier molecular flexibility index (Phi) is 7.31. The van der Waals surface area contributed by atoms with E-state index in [0.29, 0.717) is 26.3 Å². The monoisotopic (exact) mass is 489 g/mol. The summed E-state index contributed by atoms with van der Waals surface area (Å²) in [6, 6.07) is 28.1. The summed E-state index contributed by atoms with van der Waals surface area (Å²) in [5.41, 5.74) is 4.30. The SMILES string of the molecule is N#Cc1c(-c2ccc(Cl)cc2)cc(-c2ccccc2)nc1SCC(=O)Nc1ccc(Cl)cc1. The van der Waals surface area contributed by atoms with Crippen molar-refractivity contribution in [2.75, 3.05) is 11.1 Å². The lowest BCUT2D eigenvalue weighted by Gasteiger charge is -2.13. The summed E-state index contributed by atoms with van der Waals surface area (Å²) >= 11 is 13.2. The first-order valence-corrected chi connectivity index (χ1v) is 11.7. The van der Waals surface area contributed by atoms with Crippen molar-refractivity contribution in [3.8, 4) is 28.5 Å². The van der Waals surface area contributed by atoms with E-state index in [1.807, 2.05) is 48.5 Å². The van der Waals surface area contributed by atoms with Crippen molar-refractivity contribution in [3.63, 3.8) is 0 Å². The molecule has 1 amide bonds. The van der Waals surface area contributed by atoms with E-state index in [9.17, 15) is 10.1 Å². The van der Waals surface area contributed by atoms with Gasteiger partial charge in [-0.05, 0) is 48.0 Å². The van der Waals surface area contributed by atoms with Gasteiger partial charge in [-0.15, -0.1) is 0 Å². The van der Waals surface area contributed by atoms with Gasteiger partial charge in [-0.2, -0.15) is 5.26 Å². The van der Waals surface area contributed by atoms with Crippen molar-refractivity contribution in [1.82, 2.24) is 4.98 Å². The highest BCUT2D eigenvalue weighted by atomic mass is 35.5. The van der Waals surface area contributed by atoms with Gasteiger partial charge in [0.25, 0.3) is 0 Å². The zero-order chi connectivity index (χ0) is 23.2. The van der Waals surface area contributed by atoms with Crippen molar-refractivity contribution in [3.05, 3.63) is 101 Å². The number of benzene rings is 3. The second kappa shape index (κ2) is 10.5. The number of hydrogen-bond donors (Lipinski definition) is 1. The normalized spacial score (nSPS) is 10.5. The van der Waals surface area contributed by atoms with Crippen LogP contribution in [0.25, 0.3) is 22.4 Å². The number of carbonyl (C=O) groups excluding carboxylic acids is 1. The summed E-state index contributed by atoms with van der Waals surface area (Å²) in [6.45, 7) is 0. The zero-order valence-corrected chi connectivity index (χ0v) is 19.6. The maximum absolute atomic E-state index is 12.5. The average molecular weight is 490 g/mol. The maximum Gasteiger partial charge on any atom is 0.234 e. The standard InChI is InChI=1S/C26H17Cl2N3OS/c27-19-8-6-17(7-9-19)22-14-24(18-4-2-1-3-5-18)31-26(23(22)15-29)33-16-25(32)30-21-12-10-20(28)11-13-21/h1-14H,16H2,(H,30,32). The molecule has 0 aliphatic rings. The van der Waals surface area contributed by atoms with E-state index in [1.165, 1.54) is 11.8 Å². The summed E-state index contributed by atoms with van der Waals surface area (Å²) < 4.78 is 0. The third kappa shape index (κ3) is 5.74. The molecule has 0 radical (unpaired) electrons. The van der Waals surface area contributed by atoms with Crippen LogP contribution in [0.3, 0.4) is 0 Å². The lowest BCUT2D eigenvalue weighted by Crippen LogP contribution is -2.14. The molecule has 0 saturated heterocycles. The second-order valence-corrected chi connectivity index (χ2v) is 8.90. The molecule has 162 valence electrons. The van der Waals surface area contributed by atoms with Crippen LogP contribution in [-0.4, -0.2) is 16.6 Å². The van der Waals surface area contributed by atoms with Gasteiger partial charge >= 0.3 is 0 Å². The number of aromatic nitrogens is 1. The molecule has 0 unspecified atom stereocenters. The molecule has 7 heteroatoms. The van der Waals surface area contributed by atoms with Gasteiger partial charge in [0.2, 0.25) is 5.91 Å². The van der Waals surface area contributed by atoms with Gasteiger partial charge in [0.1, 0.15) is 11.1 Å². The molecule has 33 heavy (non-hydrogen) atoms. The molecule has 0 spiro atoms. The third-order valence-electron chi connectivity index (χ3n) is 4.79. The van der Waals surface area contributed by atoms with E-state index < -0.39 is 0 Å². The molecule has 4 rings (SSSR count). The first-order chi connectivity index (χ1) is 16.0. The number of amides is 1. The van der Waals surface area contributed by atoms with E-state index in [4.69, 9.17) is 28.2 Å². The number of carbonyl (C=O) groups is 1. The Hall–Kier alpha value is -3.30. The van der Waals surface area contributed by atoms with Crippen molar-refractivity contribution >= 4 is 46.6 Å². The van der Waals surface area contributed by atoms with Crippen LogP contribution in [0, 0.1) is 11.3 Å². The molecule has 0 aliphatic heterocycles. The molecule has 0 atom stereocenters. The fourth-order valence-corrected chi connectivity index (χ4v) is 4.27. The third-order valence-corrected chi connectivity index (χ3v) is 6.27. The topological polar surface area (TPSA) is 65.8 Å². The van der Waals surface area contributed by atoms with Gasteiger partial charge < -0.3 is 5.32 Å². The first kappa shape index (κ1) is 22.9. The summed E-state index contributed by atoms with van der Waals surface area (Å²) in [5, 5.41) is 14.5. The number of rotatable bonds is 6. The molecule has 4 aromatic rings. The lowest BCUT2D eigenvalue weighted by atomic mass is 9.99. The van der Waals surface area contributed by atoms with Crippen LogP contribution in [0.15, 0.2) is 90.0 Å². The van der Waals surface area contributed by atoms with E-state index in [2.05, 4.69) is 11.4 Å². The molecule has 1 aromatic heterocycles. The maximum atomic E-state index is 12.5. The molecule has 1 heterocycles. The molecular weight excluding hydrogens is 473 g/mol. The number of nitrogens with one attached hydrogen (secondary N) is 1. The number of thioether (sulfide) groups is 1. The minimum atomic E-state index is -0.203. The quantitative estimate of drug-likeness (QED) is 0.288. The highest BCUT2D eigenvalue weighted by Crippen LogP contribution is 2.34. The minimum Gasteiger partial charge on any atom is -0.325 e. The Morgan fingerprint density at radius 3 is 2.18 bits per heavy atom. The fourth-order valence-electron chi connectivity index (χ4n) is 3.21. The largest absolute Gasteiger partial charge is 0.325 e. The van der Waals surface area contributed by atoms with Crippen LogP contribution in [0.1, 0.15) is 5.56 Å². The summed E-state index contributed by atoms with van der Waals surface area (Å²) in [6.07, 6.45) is 0. The van der Waals surface area contributed by atoms with Gasteiger partial charge in [0.15, 0.2) is 0 Å². The Morgan fingerprint density at radius 1 is 0.909 bits per heavy atom. The Balaban J connectivity index is 1.67. The van der Waals surface area contributed by atoms with E-state index >= 15 is 0 Å². The predicted octanol–water partition coefficient (Wildman–Crippen LogP) is 7.32. The molecular formula is C26H17Cl2N3OS. The van der Waals surface area contributed by atoms with Crippen molar-refractivity contribution < 1.29 is 4.79 Å². The minimum absolute atomic E-state index is 0.0998. The van der Waals surface area contributed by atoms with Crippen LogP contribution in [0.2, 0.25) is 10.0 Å². The van der Waals surface area contributed by atoms with Gasteiger partial charge in [-0.3, -0.25) is 4.79 Å². The van der Waals surface area contributed by atoms with Crippen LogP contribution in [0.5, 0.6) is 0 Å². The molecule has 0 bridgehead atoms. The Labute approximate surface area is 206 Å². The van der Waals surface area contributed by atoms with Gasteiger partial charge in [-0.1, -0.05) is 77.4 Å². The average Bonchev–Trinajstić information content (AvgIpc) is 2.84. The van der Waals surface area contributed by atoms with Crippen LogP contribution in [-0.2, 0) is 4.79 Å².